The van der Waals surface area contributed by atoms with Crippen molar-refractivity contribution in [1.29, 1.82) is 0 Å². The maximum atomic E-state index is 11.9. The third kappa shape index (κ3) is 12.4. The van der Waals surface area contributed by atoms with Gasteiger partial charge in [-0.3, -0.25) is 9.20 Å². The number of nitrogens with two attached hydrogens (primary N) is 1. The maximum Gasteiger partial charge on any atom is 0.239 e. The molecule has 0 fully saturated rings. The van der Waals surface area contributed by atoms with Crippen LogP contribution in [0.3, 0.4) is 0 Å². The number of halogens is 2. The molecule has 0 aliphatic carbocycles. The van der Waals surface area contributed by atoms with Crippen LogP contribution in [0.5, 0.6) is 5.75 Å². The number of rotatable bonds is 14. The van der Waals surface area contributed by atoms with Crippen LogP contribution in [0.2, 0.25) is 0 Å². The summed E-state index contributed by atoms with van der Waals surface area (Å²) in [6.07, 6.45) is 8.12. The molecule has 0 radical (unpaired) electrons. The van der Waals surface area contributed by atoms with Gasteiger partial charge in [-0.2, -0.15) is 0 Å². The highest BCUT2D eigenvalue weighted by molar-refractivity contribution is 5.96. The second-order valence-corrected chi connectivity index (χ2v) is 11.2. The van der Waals surface area contributed by atoms with E-state index in [-0.39, 0.29) is 24.4 Å². The Labute approximate surface area is 256 Å². The number of hydrogen-bond acceptors (Lipinski definition) is 6. The molecule has 7 nitrogen and oxygen atoms in total. The number of aromatic nitrogens is 3. The number of alkyl halides is 2. The third-order valence-corrected chi connectivity index (χ3v) is 6.80. The van der Waals surface area contributed by atoms with Crippen molar-refractivity contribution in [3.63, 3.8) is 0 Å². The van der Waals surface area contributed by atoms with Gasteiger partial charge in [-0.1, -0.05) is 66.4 Å². The van der Waals surface area contributed by atoms with Crippen molar-refractivity contribution in [3.8, 4) is 17.0 Å². The second-order valence-electron chi connectivity index (χ2n) is 11.2. The van der Waals surface area contributed by atoms with Crippen LogP contribution < -0.4 is 10.5 Å². The molecule has 0 aliphatic rings. The van der Waals surface area contributed by atoms with Crippen molar-refractivity contribution >= 4 is 22.9 Å². The zero-order valence-corrected chi connectivity index (χ0v) is 27.4. The largest absolute Gasteiger partial charge is 0.493 e. The minimum absolute atomic E-state index is 0.000587. The van der Waals surface area contributed by atoms with Crippen LogP contribution in [0.1, 0.15) is 129 Å². The lowest BCUT2D eigenvalue weighted by atomic mass is 9.91. The number of nitrogens with zero attached hydrogens (tertiary/aromatic N) is 3. The van der Waals surface area contributed by atoms with Gasteiger partial charge >= 0.3 is 0 Å². The molecule has 0 bridgehead atoms. The van der Waals surface area contributed by atoms with Crippen LogP contribution in [-0.4, -0.2) is 39.0 Å². The highest BCUT2D eigenvalue weighted by Crippen LogP contribution is 2.38. The van der Waals surface area contributed by atoms with E-state index in [1.165, 1.54) is 19.8 Å². The number of benzene rings is 1. The molecule has 0 spiro atoms. The van der Waals surface area contributed by atoms with Crippen molar-refractivity contribution < 1.29 is 23.1 Å². The van der Waals surface area contributed by atoms with Gasteiger partial charge in [-0.15, -0.1) is 0 Å². The van der Waals surface area contributed by atoms with Crippen molar-refractivity contribution in [2.75, 3.05) is 12.3 Å². The van der Waals surface area contributed by atoms with Crippen molar-refractivity contribution in [1.82, 2.24) is 14.4 Å². The maximum absolute atomic E-state index is 11.9. The van der Waals surface area contributed by atoms with Gasteiger partial charge in [0.05, 0.1) is 6.61 Å². The summed E-state index contributed by atoms with van der Waals surface area (Å²) in [6, 6.07) is 5.52. The van der Waals surface area contributed by atoms with Gasteiger partial charge in [-0.25, -0.2) is 18.7 Å². The molecule has 1 atom stereocenters. The first-order valence-corrected chi connectivity index (χ1v) is 15.6. The summed E-state index contributed by atoms with van der Waals surface area (Å²) in [6.45, 7) is 16.4. The first kappa shape index (κ1) is 37.7. The number of anilines is 1. The Balaban J connectivity index is 0.000000651. The van der Waals surface area contributed by atoms with Gasteiger partial charge in [0.2, 0.25) is 6.43 Å². The van der Waals surface area contributed by atoms with Gasteiger partial charge in [-0.05, 0) is 51.7 Å². The van der Waals surface area contributed by atoms with Crippen LogP contribution in [0, 0.1) is 5.92 Å². The number of imidazole rings is 1. The summed E-state index contributed by atoms with van der Waals surface area (Å²) in [5, 5.41) is 0. The van der Waals surface area contributed by atoms with E-state index < -0.39 is 6.43 Å². The molecule has 240 valence electrons. The topological polar surface area (TPSA) is 99.6 Å². The number of ketones is 2. The number of fused-ring (bicyclic) bond motifs is 1. The summed E-state index contributed by atoms with van der Waals surface area (Å²) < 4.78 is 30.5. The summed E-state index contributed by atoms with van der Waals surface area (Å²) in [7, 11) is 0. The lowest BCUT2D eigenvalue weighted by molar-refractivity contribution is -0.117. The van der Waals surface area contributed by atoms with Gasteiger partial charge in [0, 0.05) is 42.3 Å². The molecule has 0 aliphatic heterocycles. The average Bonchev–Trinajstić information content (AvgIpc) is 3.35. The summed E-state index contributed by atoms with van der Waals surface area (Å²) in [4.78, 5) is 31.4. The standard InChI is InChI=1S/C25H34N4O2.C5H8F2O.C4H10/c1-6-8-9-19(14-16(3)4)25-28-22(23-24(26)27-12-13-29(23)25)20-11-10-18(17(5)30)15-21(20)31-7-2;1-4(8)2-3-5(6)7;1-3-4-2/h10-13,15-16,19H,6-9,14H2,1-5H3,(H2,26,27);5H,2-3H2,1H3;3-4H2,1-2H3/t19-;;/m1../s1. The smallest absolute Gasteiger partial charge is 0.239 e. The molecule has 9 heteroatoms. The average molecular weight is 603 g/mol. The van der Waals surface area contributed by atoms with E-state index in [0.717, 1.165) is 48.3 Å². The van der Waals surface area contributed by atoms with E-state index >= 15 is 0 Å². The third-order valence-electron chi connectivity index (χ3n) is 6.80. The number of Topliss-reactive ketones (excluding diaryl/α,β-unsaturated/α-hetero) is 2. The van der Waals surface area contributed by atoms with E-state index in [4.69, 9.17) is 15.5 Å². The van der Waals surface area contributed by atoms with E-state index in [1.54, 1.807) is 19.2 Å². The zero-order chi connectivity index (χ0) is 32.5. The monoisotopic (exact) mass is 602 g/mol. The molecule has 0 unspecified atom stereocenters. The summed E-state index contributed by atoms with van der Waals surface area (Å²) in [5.74, 6) is 2.80. The van der Waals surface area contributed by atoms with Gasteiger partial charge in [0.15, 0.2) is 5.78 Å². The first-order chi connectivity index (χ1) is 20.4. The molecule has 2 heterocycles. The van der Waals surface area contributed by atoms with Gasteiger partial charge in [0.1, 0.15) is 34.4 Å². The minimum Gasteiger partial charge on any atom is -0.493 e. The second kappa shape index (κ2) is 19.8. The quantitative estimate of drug-likeness (QED) is 0.185. The van der Waals surface area contributed by atoms with Gasteiger partial charge in [0.25, 0.3) is 0 Å². The van der Waals surface area contributed by atoms with Crippen molar-refractivity contribution in [2.45, 2.75) is 119 Å². The Hall–Kier alpha value is -3.36. The Morgan fingerprint density at radius 3 is 2.19 bits per heavy atom. The van der Waals surface area contributed by atoms with Crippen LogP contribution in [0.25, 0.3) is 16.8 Å². The molecule has 3 rings (SSSR count). The molecule has 43 heavy (non-hydrogen) atoms. The van der Waals surface area contributed by atoms with Crippen LogP contribution in [0.15, 0.2) is 30.6 Å². The van der Waals surface area contributed by atoms with Crippen molar-refractivity contribution in [2.24, 2.45) is 5.92 Å². The Bertz CT molecular complexity index is 1270. The van der Waals surface area contributed by atoms with Crippen LogP contribution in [-0.2, 0) is 4.79 Å². The summed E-state index contributed by atoms with van der Waals surface area (Å²) >= 11 is 0. The highest BCUT2D eigenvalue weighted by Gasteiger charge is 2.25. The number of unbranched alkanes of at least 4 members (excludes halogenated alkanes) is 2. The van der Waals surface area contributed by atoms with Gasteiger partial charge < -0.3 is 15.3 Å². The van der Waals surface area contributed by atoms with E-state index in [9.17, 15) is 18.4 Å². The SMILES string of the molecule is CC(=O)CCC(F)F.CCCC.CCCC[C@H](CC(C)C)c1nc(-c2ccc(C(C)=O)cc2OCC)c2c(N)nccn12. The highest BCUT2D eigenvalue weighted by atomic mass is 19.3. The molecule has 0 amide bonds. The fourth-order valence-corrected chi connectivity index (χ4v) is 4.46. The van der Waals surface area contributed by atoms with Crippen molar-refractivity contribution in [3.05, 3.63) is 42.0 Å². The molecule has 2 N–H and O–H groups in total. The lowest BCUT2D eigenvalue weighted by Gasteiger charge is -2.18. The number of nitrogen functional groups attached to an aromatic ring is 1. The Kier molecular flexibility index (Phi) is 17.3. The van der Waals surface area contributed by atoms with E-state index in [0.29, 0.717) is 35.6 Å². The molecule has 1 aromatic carbocycles. The number of carbonyl (C=O) groups is 2. The molecular weight excluding hydrogens is 550 g/mol. The predicted molar refractivity (Wildman–Crippen MR) is 172 cm³/mol. The zero-order valence-electron chi connectivity index (χ0n) is 27.4. The molecule has 3 aromatic rings. The first-order valence-electron chi connectivity index (χ1n) is 15.6. The van der Waals surface area contributed by atoms with E-state index in [1.807, 2.05) is 25.3 Å². The fourth-order valence-electron chi connectivity index (χ4n) is 4.46. The molecule has 0 saturated carbocycles. The lowest BCUT2D eigenvalue weighted by Crippen LogP contribution is -2.08. The fraction of sp³-hybridized carbons (Fsp3) is 0.588. The van der Waals surface area contributed by atoms with Crippen LogP contribution in [0.4, 0.5) is 14.6 Å². The molecular formula is C34H52F2N4O3. The Morgan fingerprint density at radius 1 is 1.02 bits per heavy atom. The Morgan fingerprint density at radius 2 is 1.70 bits per heavy atom. The predicted octanol–water partition coefficient (Wildman–Crippen LogP) is 9.33. The normalized spacial score (nSPS) is 11.5. The minimum atomic E-state index is -2.33. The van der Waals surface area contributed by atoms with E-state index in [2.05, 4.69) is 44.0 Å². The van der Waals surface area contributed by atoms with Crippen LogP contribution >= 0.6 is 0 Å². The molecule has 0 saturated heterocycles. The number of ether oxygens (including phenoxy) is 1. The molecule has 2 aromatic heterocycles. The number of hydrogen-bond donors (Lipinski definition) is 1. The number of carbonyl (C=O) groups excluding carboxylic acids is 2. The summed E-state index contributed by atoms with van der Waals surface area (Å²) in [5.41, 5.74) is 9.33.